The normalized spacial score (nSPS) is 12.1. The van der Waals surface area contributed by atoms with Crippen LogP contribution in [-0.4, -0.2) is 22.2 Å². The topological polar surface area (TPSA) is 64.1 Å². The zero-order valence-electron chi connectivity index (χ0n) is 11.5. The number of hydrogen-bond acceptors (Lipinski definition) is 5. The quantitative estimate of drug-likeness (QED) is 0.888. The van der Waals surface area contributed by atoms with Crippen molar-refractivity contribution in [3.8, 4) is 0 Å². The molecular formula is C14H17N3O2S. The Balaban J connectivity index is 1.82. The molecule has 0 saturated heterocycles. The molecule has 0 bridgehead atoms. The summed E-state index contributed by atoms with van der Waals surface area (Å²) in [5.41, 5.74) is 1.04. The first kappa shape index (κ1) is 14.6. The fourth-order valence-electron chi connectivity index (χ4n) is 1.53. The van der Waals surface area contributed by atoms with Crippen molar-refractivity contribution in [3.63, 3.8) is 0 Å². The number of rotatable bonds is 6. The molecule has 0 saturated carbocycles. The minimum atomic E-state index is -0.538. The Labute approximate surface area is 122 Å². The van der Waals surface area contributed by atoms with Crippen molar-refractivity contribution in [2.24, 2.45) is 0 Å². The molecule has 1 heterocycles. The maximum atomic E-state index is 11.9. The Kier molecular flexibility index (Phi) is 5.20. The van der Waals surface area contributed by atoms with E-state index in [9.17, 15) is 4.79 Å². The van der Waals surface area contributed by atoms with Gasteiger partial charge in [-0.3, -0.25) is 10.1 Å². The number of ether oxygens (including phenoxy) is 1. The van der Waals surface area contributed by atoms with Crippen molar-refractivity contribution in [1.82, 2.24) is 10.2 Å². The SMILES string of the molecule is CCc1nnc(NC(=O)[C@H](C)OCc2ccccc2)s1. The number of benzene rings is 1. The lowest BCUT2D eigenvalue weighted by Crippen LogP contribution is -2.27. The molecule has 5 nitrogen and oxygen atoms in total. The van der Waals surface area contributed by atoms with Gasteiger partial charge in [0.1, 0.15) is 11.1 Å². The summed E-state index contributed by atoms with van der Waals surface area (Å²) >= 11 is 1.38. The number of hydrogen-bond donors (Lipinski definition) is 1. The molecule has 0 unspecified atom stereocenters. The lowest BCUT2D eigenvalue weighted by molar-refractivity contribution is -0.127. The molecule has 1 aromatic carbocycles. The van der Waals surface area contributed by atoms with Gasteiger partial charge in [-0.1, -0.05) is 48.6 Å². The minimum absolute atomic E-state index is 0.209. The van der Waals surface area contributed by atoms with E-state index in [0.29, 0.717) is 11.7 Å². The number of carbonyl (C=O) groups excluding carboxylic acids is 1. The van der Waals surface area contributed by atoms with Gasteiger partial charge in [-0.2, -0.15) is 0 Å². The molecular weight excluding hydrogens is 274 g/mol. The number of nitrogens with zero attached hydrogens (tertiary/aromatic N) is 2. The number of carbonyl (C=O) groups is 1. The Bertz CT molecular complexity index is 557. The predicted molar refractivity (Wildman–Crippen MR) is 78.6 cm³/mol. The second kappa shape index (κ2) is 7.12. The summed E-state index contributed by atoms with van der Waals surface area (Å²) in [5.74, 6) is -0.209. The Hall–Kier alpha value is -1.79. The summed E-state index contributed by atoms with van der Waals surface area (Å²) in [6.07, 6.45) is 0.275. The molecule has 1 atom stereocenters. The summed E-state index contributed by atoms with van der Waals surface area (Å²) in [6, 6.07) is 9.75. The maximum absolute atomic E-state index is 11.9. The molecule has 0 aliphatic carbocycles. The van der Waals surface area contributed by atoms with Crippen LogP contribution in [-0.2, 0) is 22.6 Å². The fourth-order valence-corrected chi connectivity index (χ4v) is 2.21. The molecule has 0 aliphatic rings. The van der Waals surface area contributed by atoms with Gasteiger partial charge in [0.2, 0.25) is 5.13 Å². The lowest BCUT2D eigenvalue weighted by atomic mass is 10.2. The van der Waals surface area contributed by atoms with E-state index in [1.165, 1.54) is 11.3 Å². The van der Waals surface area contributed by atoms with E-state index < -0.39 is 6.10 Å². The molecule has 0 spiro atoms. The highest BCUT2D eigenvalue weighted by Crippen LogP contribution is 2.16. The largest absolute Gasteiger partial charge is 0.364 e. The van der Waals surface area contributed by atoms with E-state index in [4.69, 9.17) is 4.74 Å². The highest BCUT2D eigenvalue weighted by Gasteiger charge is 2.15. The van der Waals surface area contributed by atoms with Gasteiger partial charge in [0.25, 0.3) is 5.91 Å². The van der Waals surface area contributed by atoms with Crippen molar-refractivity contribution >= 4 is 22.4 Å². The second-order valence-electron chi connectivity index (χ2n) is 4.28. The monoisotopic (exact) mass is 291 g/mol. The van der Waals surface area contributed by atoms with Crippen LogP contribution in [0, 0.1) is 0 Å². The second-order valence-corrected chi connectivity index (χ2v) is 5.34. The summed E-state index contributed by atoms with van der Waals surface area (Å²) < 4.78 is 5.54. The molecule has 0 aliphatic heterocycles. The van der Waals surface area contributed by atoms with Crippen molar-refractivity contribution < 1.29 is 9.53 Å². The van der Waals surface area contributed by atoms with Crippen molar-refractivity contribution in [2.75, 3.05) is 5.32 Å². The van der Waals surface area contributed by atoms with Crippen LogP contribution in [0.5, 0.6) is 0 Å². The van der Waals surface area contributed by atoms with Gasteiger partial charge in [-0.15, -0.1) is 10.2 Å². The van der Waals surface area contributed by atoms with Crippen LogP contribution in [0.3, 0.4) is 0 Å². The molecule has 2 rings (SSSR count). The van der Waals surface area contributed by atoms with Crippen LogP contribution in [0.2, 0.25) is 0 Å². The molecule has 2 aromatic rings. The van der Waals surface area contributed by atoms with E-state index in [0.717, 1.165) is 17.0 Å². The lowest BCUT2D eigenvalue weighted by Gasteiger charge is -2.11. The van der Waals surface area contributed by atoms with Gasteiger partial charge in [0, 0.05) is 0 Å². The molecule has 1 amide bonds. The molecule has 20 heavy (non-hydrogen) atoms. The summed E-state index contributed by atoms with van der Waals surface area (Å²) in [5, 5.41) is 12.0. The van der Waals surface area contributed by atoms with E-state index >= 15 is 0 Å². The van der Waals surface area contributed by atoms with Crippen molar-refractivity contribution in [1.29, 1.82) is 0 Å². The molecule has 0 radical (unpaired) electrons. The summed E-state index contributed by atoms with van der Waals surface area (Å²) in [7, 11) is 0. The van der Waals surface area contributed by atoms with Crippen LogP contribution in [0.25, 0.3) is 0 Å². The third-order valence-electron chi connectivity index (χ3n) is 2.71. The minimum Gasteiger partial charge on any atom is -0.364 e. The third kappa shape index (κ3) is 4.11. The van der Waals surface area contributed by atoms with E-state index in [-0.39, 0.29) is 5.91 Å². The van der Waals surface area contributed by atoms with E-state index in [2.05, 4.69) is 15.5 Å². The number of aromatic nitrogens is 2. The summed E-state index contributed by atoms with van der Waals surface area (Å²) in [4.78, 5) is 11.9. The van der Waals surface area contributed by atoms with E-state index in [1.807, 2.05) is 37.3 Å². The average molecular weight is 291 g/mol. The van der Waals surface area contributed by atoms with Crippen molar-refractivity contribution in [2.45, 2.75) is 33.0 Å². The van der Waals surface area contributed by atoms with Crippen LogP contribution in [0.4, 0.5) is 5.13 Å². The average Bonchev–Trinajstić information content (AvgIpc) is 2.93. The van der Waals surface area contributed by atoms with Crippen LogP contribution in [0.1, 0.15) is 24.4 Å². The Morgan fingerprint density at radius 2 is 2.10 bits per heavy atom. The molecule has 1 N–H and O–H groups in total. The maximum Gasteiger partial charge on any atom is 0.255 e. The predicted octanol–water partition coefficient (Wildman–Crippen LogP) is 2.64. The highest BCUT2D eigenvalue weighted by molar-refractivity contribution is 7.15. The van der Waals surface area contributed by atoms with Gasteiger partial charge in [-0.05, 0) is 18.9 Å². The van der Waals surface area contributed by atoms with Crippen LogP contribution >= 0.6 is 11.3 Å². The summed E-state index contributed by atoms with van der Waals surface area (Å²) in [6.45, 7) is 4.13. The Morgan fingerprint density at radius 1 is 1.35 bits per heavy atom. The standard InChI is InChI=1S/C14H17N3O2S/c1-3-12-16-17-14(20-12)15-13(18)10(2)19-9-11-7-5-4-6-8-11/h4-8,10H,3,9H2,1-2H3,(H,15,17,18)/t10-/m0/s1. The molecule has 106 valence electrons. The van der Waals surface area contributed by atoms with Gasteiger partial charge >= 0.3 is 0 Å². The van der Waals surface area contributed by atoms with Crippen LogP contribution < -0.4 is 5.32 Å². The molecule has 1 aromatic heterocycles. The molecule has 0 fully saturated rings. The third-order valence-corrected chi connectivity index (χ3v) is 3.69. The first-order valence-corrected chi connectivity index (χ1v) is 7.29. The van der Waals surface area contributed by atoms with E-state index in [1.54, 1.807) is 6.92 Å². The van der Waals surface area contributed by atoms with Crippen molar-refractivity contribution in [3.05, 3.63) is 40.9 Å². The van der Waals surface area contributed by atoms with Gasteiger partial charge in [0.05, 0.1) is 6.61 Å². The number of aryl methyl sites for hydroxylation is 1. The fraction of sp³-hybridized carbons (Fsp3) is 0.357. The molecule has 6 heteroatoms. The van der Waals surface area contributed by atoms with Gasteiger partial charge in [-0.25, -0.2) is 0 Å². The highest BCUT2D eigenvalue weighted by atomic mass is 32.1. The Morgan fingerprint density at radius 3 is 2.75 bits per heavy atom. The van der Waals surface area contributed by atoms with Gasteiger partial charge < -0.3 is 4.74 Å². The number of amides is 1. The van der Waals surface area contributed by atoms with Gasteiger partial charge in [0.15, 0.2) is 0 Å². The smallest absolute Gasteiger partial charge is 0.255 e. The zero-order valence-corrected chi connectivity index (χ0v) is 12.3. The number of nitrogens with one attached hydrogen (secondary N) is 1. The van der Waals surface area contributed by atoms with Crippen LogP contribution in [0.15, 0.2) is 30.3 Å². The zero-order chi connectivity index (χ0) is 14.4. The number of anilines is 1. The first-order chi connectivity index (χ1) is 9.69. The first-order valence-electron chi connectivity index (χ1n) is 6.47.